The van der Waals surface area contributed by atoms with Crippen LogP contribution in [0.15, 0.2) is 29.3 Å². The fourth-order valence-electron chi connectivity index (χ4n) is 1.53. The fourth-order valence-corrected chi connectivity index (χ4v) is 1.66. The molecule has 0 bridgehead atoms. The molecular weight excluding hydrogens is 250 g/mol. The number of hydrogen-bond acceptors (Lipinski definition) is 1. The second kappa shape index (κ2) is 6.86. The number of nitrogens with one attached hydrogen (secondary N) is 1. The van der Waals surface area contributed by atoms with Crippen LogP contribution in [0.3, 0.4) is 0 Å². The van der Waals surface area contributed by atoms with Gasteiger partial charge >= 0.3 is 0 Å². The molecule has 1 aromatic carbocycles. The third-order valence-corrected chi connectivity index (χ3v) is 2.57. The topological polar surface area (TPSA) is 91.5 Å². The Hall–Kier alpha value is -1.75. The van der Waals surface area contributed by atoms with Gasteiger partial charge in [-0.3, -0.25) is 5.41 Å². The number of nitrogens with zero attached hydrogens (tertiary/aromatic N) is 2. The van der Waals surface area contributed by atoms with Crippen LogP contribution in [0.2, 0.25) is 5.02 Å². The first kappa shape index (κ1) is 14.3. The van der Waals surface area contributed by atoms with Crippen LogP contribution < -0.4 is 11.5 Å². The third kappa shape index (κ3) is 4.63. The summed E-state index contributed by atoms with van der Waals surface area (Å²) in [6.07, 6.45) is 0.913. The lowest BCUT2D eigenvalue weighted by Gasteiger charge is -2.22. The van der Waals surface area contributed by atoms with Crippen molar-refractivity contribution >= 4 is 23.5 Å². The maximum Gasteiger partial charge on any atom is 0.221 e. The smallest absolute Gasteiger partial charge is 0.221 e. The normalized spacial score (nSPS) is 9.89. The average molecular weight is 268 g/mol. The Kier molecular flexibility index (Phi) is 5.45. The molecule has 5 N–H and O–H groups in total. The van der Waals surface area contributed by atoms with Gasteiger partial charge in [0.05, 0.1) is 0 Å². The molecule has 0 fully saturated rings. The van der Waals surface area contributed by atoms with Crippen molar-refractivity contribution in [3.05, 3.63) is 34.9 Å². The van der Waals surface area contributed by atoms with Crippen molar-refractivity contribution < 1.29 is 0 Å². The number of guanidine groups is 2. The highest BCUT2D eigenvalue weighted by Crippen LogP contribution is 2.12. The first-order valence-corrected chi connectivity index (χ1v) is 6.08. The molecule has 1 rings (SSSR count). The summed E-state index contributed by atoms with van der Waals surface area (Å²) in [4.78, 5) is 5.57. The predicted molar refractivity (Wildman–Crippen MR) is 75.7 cm³/mol. The van der Waals surface area contributed by atoms with E-state index >= 15 is 0 Å². The molecule has 0 aromatic heterocycles. The van der Waals surface area contributed by atoms with Gasteiger partial charge in [-0.1, -0.05) is 30.7 Å². The maximum absolute atomic E-state index is 7.82. The second-order valence-corrected chi connectivity index (χ2v) is 4.34. The molecule has 0 spiro atoms. The monoisotopic (exact) mass is 267 g/mol. The lowest BCUT2D eigenvalue weighted by Crippen LogP contribution is -2.33. The Morgan fingerprint density at radius 2 is 1.94 bits per heavy atom. The van der Waals surface area contributed by atoms with Crippen LogP contribution in [0.1, 0.15) is 18.9 Å². The molecule has 98 valence electrons. The molecule has 5 nitrogen and oxygen atoms in total. The van der Waals surface area contributed by atoms with Gasteiger partial charge in [0.1, 0.15) is 0 Å². The Morgan fingerprint density at radius 3 is 2.44 bits per heavy atom. The van der Waals surface area contributed by atoms with Crippen LogP contribution in [0.4, 0.5) is 0 Å². The van der Waals surface area contributed by atoms with E-state index in [2.05, 4.69) is 4.99 Å². The lowest BCUT2D eigenvalue weighted by atomic mass is 10.2. The van der Waals surface area contributed by atoms with E-state index in [0.717, 1.165) is 18.5 Å². The molecule has 0 amide bonds. The van der Waals surface area contributed by atoms with E-state index in [1.165, 1.54) is 0 Å². The highest BCUT2D eigenvalue weighted by atomic mass is 35.5. The number of halogens is 1. The predicted octanol–water partition coefficient (Wildman–Crippen LogP) is 1.76. The van der Waals surface area contributed by atoms with Crippen molar-refractivity contribution in [2.75, 3.05) is 6.54 Å². The summed E-state index contributed by atoms with van der Waals surface area (Å²) in [6, 6.07) is 7.50. The van der Waals surface area contributed by atoms with E-state index in [9.17, 15) is 0 Å². The number of aliphatic imine (C=N–C) groups is 1. The van der Waals surface area contributed by atoms with Gasteiger partial charge in [-0.2, -0.15) is 4.99 Å². The van der Waals surface area contributed by atoms with Crippen LogP contribution in [0.25, 0.3) is 0 Å². The molecule has 6 heteroatoms. The number of benzene rings is 1. The van der Waals surface area contributed by atoms with Gasteiger partial charge in [-0.25, -0.2) is 0 Å². The van der Waals surface area contributed by atoms with Crippen molar-refractivity contribution in [3.8, 4) is 0 Å². The van der Waals surface area contributed by atoms with Crippen LogP contribution >= 0.6 is 11.6 Å². The fraction of sp³-hybridized carbons (Fsp3) is 0.333. The highest BCUT2D eigenvalue weighted by Gasteiger charge is 2.09. The molecule has 1 aromatic rings. The molecule has 0 aliphatic rings. The minimum absolute atomic E-state index is 0.0757. The van der Waals surface area contributed by atoms with Crippen molar-refractivity contribution in [1.82, 2.24) is 4.90 Å². The first-order valence-electron chi connectivity index (χ1n) is 5.70. The maximum atomic E-state index is 7.82. The highest BCUT2D eigenvalue weighted by molar-refractivity contribution is 6.30. The summed E-state index contributed by atoms with van der Waals surface area (Å²) in [5, 5.41) is 8.52. The van der Waals surface area contributed by atoms with Gasteiger partial charge in [0.2, 0.25) is 5.96 Å². The van der Waals surface area contributed by atoms with Gasteiger partial charge in [0.15, 0.2) is 5.96 Å². The van der Waals surface area contributed by atoms with E-state index in [4.69, 9.17) is 28.5 Å². The minimum atomic E-state index is -0.0998. The van der Waals surface area contributed by atoms with E-state index in [1.807, 2.05) is 36.1 Å². The quantitative estimate of drug-likeness (QED) is 0.573. The number of nitrogens with two attached hydrogens (primary N) is 2. The summed E-state index contributed by atoms with van der Waals surface area (Å²) < 4.78 is 0. The molecule has 0 unspecified atom stereocenters. The van der Waals surface area contributed by atoms with Crippen LogP contribution in [-0.4, -0.2) is 23.4 Å². The Morgan fingerprint density at radius 1 is 1.33 bits per heavy atom. The van der Waals surface area contributed by atoms with E-state index in [0.29, 0.717) is 11.6 Å². The van der Waals surface area contributed by atoms with Crippen molar-refractivity contribution in [2.24, 2.45) is 16.5 Å². The van der Waals surface area contributed by atoms with Gasteiger partial charge in [0.25, 0.3) is 0 Å². The molecule has 0 heterocycles. The van der Waals surface area contributed by atoms with Crippen molar-refractivity contribution in [1.29, 1.82) is 5.41 Å². The van der Waals surface area contributed by atoms with Gasteiger partial charge in [-0.15, -0.1) is 0 Å². The molecule has 0 aliphatic carbocycles. The van der Waals surface area contributed by atoms with Crippen LogP contribution in [-0.2, 0) is 6.54 Å². The van der Waals surface area contributed by atoms with Crippen LogP contribution in [0.5, 0.6) is 0 Å². The molecule has 0 saturated carbocycles. The zero-order valence-electron chi connectivity index (χ0n) is 10.4. The zero-order valence-corrected chi connectivity index (χ0v) is 11.1. The Labute approximate surface area is 112 Å². The molecule has 0 atom stereocenters. The second-order valence-electron chi connectivity index (χ2n) is 3.91. The third-order valence-electron chi connectivity index (χ3n) is 2.31. The molecule has 0 radical (unpaired) electrons. The first-order chi connectivity index (χ1) is 8.52. The zero-order chi connectivity index (χ0) is 13.5. The summed E-state index contributed by atoms with van der Waals surface area (Å²) in [5.41, 5.74) is 11.6. The summed E-state index contributed by atoms with van der Waals surface area (Å²) in [5.74, 6) is -0.0241. The summed E-state index contributed by atoms with van der Waals surface area (Å²) in [6.45, 7) is 3.34. The van der Waals surface area contributed by atoms with Gasteiger partial charge < -0.3 is 16.4 Å². The van der Waals surface area contributed by atoms with Crippen molar-refractivity contribution in [3.63, 3.8) is 0 Å². The minimum Gasteiger partial charge on any atom is -0.370 e. The SMILES string of the molecule is CCCN(Cc1ccc(Cl)cc1)C(=N)N=C(N)N. The lowest BCUT2D eigenvalue weighted by molar-refractivity contribution is 0.405. The number of hydrogen-bond donors (Lipinski definition) is 3. The molecular formula is C12H18ClN5. The van der Waals surface area contributed by atoms with Gasteiger partial charge in [0, 0.05) is 18.1 Å². The summed E-state index contributed by atoms with van der Waals surface area (Å²) in [7, 11) is 0. The van der Waals surface area contributed by atoms with E-state index < -0.39 is 0 Å². The molecule has 18 heavy (non-hydrogen) atoms. The number of rotatable bonds is 4. The Balaban J connectivity index is 2.76. The molecule has 0 saturated heterocycles. The Bertz CT molecular complexity index is 423. The van der Waals surface area contributed by atoms with Gasteiger partial charge in [-0.05, 0) is 24.1 Å². The van der Waals surface area contributed by atoms with Crippen molar-refractivity contribution in [2.45, 2.75) is 19.9 Å². The largest absolute Gasteiger partial charge is 0.370 e. The summed E-state index contributed by atoms with van der Waals surface area (Å²) >= 11 is 5.83. The average Bonchev–Trinajstić information content (AvgIpc) is 2.30. The van der Waals surface area contributed by atoms with E-state index in [-0.39, 0.29) is 11.9 Å². The van der Waals surface area contributed by atoms with E-state index in [1.54, 1.807) is 0 Å². The van der Waals surface area contributed by atoms with Crippen LogP contribution in [0, 0.1) is 5.41 Å². The molecule has 0 aliphatic heterocycles. The standard InChI is InChI=1S/C12H18ClN5/c1-2-7-18(12(16)17-11(14)15)8-9-3-5-10(13)6-4-9/h3-6H,2,7-8H2,1H3,(H5,14,15,16,17).